The van der Waals surface area contributed by atoms with Gasteiger partial charge in [0, 0.05) is 152 Å². The first-order valence-corrected chi connectivity index (χ1v) is 40.1. The Balaban J connectivity index is 0.000000195. The summed E-state index contributed by atoms with van der Waals surface area (Å²) in [5.41, 5.74) is 10.1. The summed E-state index contributed by atoms with van der Waals surface area (Å²) in [5, 5.41) is 36.2. The maximum absolute atomic E-state index is 12.8. The van der Waals surface area contributed by atoms with E-state index >= 15 is 0 Å². The fourth-order valence-corrected chi connectivity index (χ4v) is 11.9. The molecule has 5 aromatic heterocycles. The number of carbonyl (C=O) groups is 8. The topological polar surface area (TPSA) is 400 Å². The number of hydrogen-bond donors (Lipinski definition) is 2. The van der Waals surface area contributed by atoms with Gasteiger partial charge in [-0.3, -0.25) is 14.4 Å². The number of likely N-dealkylation sites (tertiary alicyclic amines) is 1. The van der Waals surface area contributed by atoms with Crippen LogP contribution in [0, 0.1) is 45.9 Å². The number of hydrogen-bond acceptors (Lipinski definition) is 26. The van der Waals surface area contributed by atoms with Crippen LogP contribution in [0.3, 0.4) is 0 Å². The second kappa shape index (κ2) is 46.5. The minimum atomic E-state index is -4.78. The molecule has 0 atom stereocenters. The Bertz CT molecular complexity index is 5650. The van der Waals surface area contributed by atoms with Crippen molar-refractivity contribution in [2.45, 2.75) is 154 Å². The molecule has 126 heavy (non-hydrogen) atoms. The minimum absolute atomic E-state index is 0.0159. The number of halogens is 3. The van der Waals surface area contributed by atoms with Crippen LogP contribution in [0.15, 0.2) is 153 Å². The first kappa shape index (κ1) is 96.8. The van der Waals surface area contributed by atoms with E-state index in [0.717, 1.165) is 83.5 Å². The van der Waals surface area contributed by atoms with E-state index in [0.29, 0.717) is 69.8 Å². The van der Waals surface area contributed by atoms with Gasteiger partial charge in [-0.1, -0.05) is 0 Å². The van der Waals surface area contributed by atoms with Gasteiger partial charge in [-0.2, -0.15) is 5.26 Å². The van der Waals surface area contributed by atoms with Gasteiger partial charge < -0.3 is 48.9 Å². The van der Waals surface area contributed by atoms with Crippen molar-refractivity contribution in [3.63, 3.8) is 0 Å². The van der Waals surface area contributed by atoms with Crippen LogP contribution >= 0.6 is 0 Å². The van der Waals surface area contributed by atoms with E-state index in [1.807, 2.05) is 86.0 Å². The highest BCUT2D eigenvalue weighted by atomic mass is 19.4. The second-order valence-corrected chi connectivity index (χ2v) is 29.9. The number of benzene rings is 5. The summed E-state index contributed by atoms with van der Waals surface area (Å²) in [6, 6.07) is 28.3. The quantitative estimate of drug-likeness (QED) is 0.0322. The average molecular weight is 1730 g/mol. The molecule has 2 aliphatic rings. The first-order valence-electron chi connectivity index (χ1n) is 40.1. The largest absolute Gasteiger partial charge is 0.573 e. The fourth-order valence-electron chi connectivity index (χ4n) is 11.9. The second-order valence-electron chi connectivity index (χ2n) is 29.9. The molecule has 662 valence electrons. The molecule has 2 aliphatic heterocycles. The summed E-state index contributed by atoms with van der Waals surface area (Å²) in [7, 11) is 1.58. The fraction of sp³-hybridized carbons (Fsp3) is 0.337. The highest BCUT2D eigenvalue weighted by Gasteiger charge is 2.32. The lowest BCUT2D eigenvalue weighted by atomic mass is 10.0. The number of rotatable bonds is 24. The zero-order chi connectivity index (χ0) is 91.9. The van der Waals surface area contributed by atoms with Crippen LogP contribution < -0.4 is 15.4 Å². The number of alkyl halides is 3. The summed E-state index contributed by atoms with van der Waals surface area (Å²) in [6.45, 7) is 31.7. The Morgan fingerprint density at radius 3 is 0.976 bits per heavy atom. The van der Waals surface area contributed by atoms with E-state index in [-0.39, 0.29) is 59.8 Å². The molecule has 0 radical (unpaired) electrons. The Morgan fingerprint density at radius 1 is 0.397 bits per heavy atom. The lowest BCUT2D eigenvalue weighted by Gasteiger charge is -2.27. The van der Waals surface area contributed by atoms with Crippen molar-refractivity contribution in [2.24, 2.45) is 0 Å². The molecule has 2 N–H and O–H groups in total. The minimum Gasteiger partial charge on any atom is -0.460 e. The summed E-state index contributed by atoms with van der Waals surface area (Å²) in [5.74, 6) is -0.623. The number of nitrogens with zero attached hydrogens (tertiary/aromatic N) is 18. The highest BCUT2D eigenvalue weighted by Crippen LogP contribution is 2.30. The average Bonchev–Trinajstić information content (AvgIpc) is 1.40. The van der Waals surface area contributed by atoms with Crippen molar-refractivity contribution in [2.75, 3.05) is 46.3 Å². The number of nitriles is 1. The number of ether oxygens (including phenoxy) is 6. The first-order chi connectivity index (χ1) is 59.8. The number of aryl methyl sites for hydroxylation is 5. The Hall–Kier alpha value is -14.7. The number of amides is 3. The lowest BCUT2D eigenvalue weighted by molar-refractivity contribution is -0.274. The van der Waals surface area contributed by atoms with Crippen LogP contribution in [0.1, 0.15) is 147 Å². The lowest BCUT2D eigenvalue weighted by Crippen LogP contribution is -2.46. The molecular weight excluding hydrogens is 1630 g/mol. The zero-order valence-electron chi connectivity index (χ0n) is 72.8. The van der Waals surface area contributed by atoms with Gasteiger partial charge in [0.15, 0.2) is 29.1 Å². The molecule has 2 fully saturated rings. The van der Waals surface area contributed by atoms with Crippen LogP contribution in [0.4, 0.5) is 13.2 Å². The maximum atomic E-state index is 12.8. The van der Waals surface area contributed by atoms with Gasteiger partial charge in [0.25, 0.3) is 17.7 Å². The van der Waals surface area contributed by atoms with Gasteiger partial charge in [-0.05, 0) is 236 Å². The van der Waals surface area contributed by atoms with E-state index < -0.39 is 36.2 Å². The molecule has 0 bridgehead atoms. The molecule has 37 heteroatoms. The molecule has 5 aromatic carbocycles. The van der Waals surface area contributed by atoms with E-state index in [9.17, 15) is 51.5 Å². The summed E-state index contributed by atoms with van der Waals surface area (Å²) >= 11 is 0. The molecule has 12 rings (SSSR count). The predicted molar refractivity (Wildman–Crippen MR) is 462 cm³/mol. The Kier molecular flexibility index (Phi) is 35.7. The van der Waals surface area contributed by atoms with Crippen LogP contribution in [-0.2, 0) is 47.7 Å². The summed E-state index contributed by atoms with van der Waals surface area (Å²) in [6.07, 6.45) is 17.3. The number of esters is 5. The molecule has 0 aliphatic carbocycles. The number of aromatic nitrogens is 15. The molecule has 10 aromatic rings. The number of nitrogens with one attached hydrogen (secondary N) is 2. The Morgan fingerprint density at radius 2 is 0.675 bits per heavy atom. The highest BCUT2D eigenvalue weighted by molar-refractivity contribution is 5.97. The van der Waals surface area contributed by atoms with Gasteiger partial charge in [0.1, 0.15) is 37.4 Å². The van der Waals surface area contributed by atoms with E-state index in [1.165, 1.54) is 129 Å². The number of piperazine rings is 1. The molecule has 0 saturated carbocycles. The smallest absolute Gasteiger partial charge is 0.460 e. The van der Waals surface area contributed by atoms with Crippen molar-refractivity contribution in [3.8, 4) is 68.8 Å². The van der Waals surface area contributed by atoms with Crippen LogP contribution in [0.5, 0.6) is 5.75 Å². The molecule has 7 heterocycles. The third-order valence-electron chi connectivity index (χ3n) is 16.9. The SMILES string of the molecule is CNC(=O)c1cc(C)cc(-c2ncn(/C=C\C(=O)OC(C)C)n2)c1.Cc1cc(C#N)cc(-c2ncn(/C=C\C(=O)OC(C)C)n2)c1.Cc1cc(C(=O)N2CCCC2)cc(-c2ncn(/C=C\C(=O)OC(C)C)n2)c1.Cc1cc(C(=O)N2CCNCC2)cc(-c2ncn(/C=C\C(=O)OC(C)C)n2)c1.Cc1cc(OC(F)(F)F)cc(-c2ncn(/C=C\C(=O)OC(C)C)n2)c1. The third-order valence-corrected chi connectivity index (χ3v) is 16.9. The molecule has 34 nitrogen and oxygen atoms in total. The van der Waals surface area contributed by atoms with E-state index in [4.69, 9.17) is 28.9 Å². The molecule has 3 amide bonds. The van der Waals surface area contributed by atoms with Crippen LogP contribution in [0.2, 0.25) is 0 Å². The van der Waals surface area contributed by atoms with Crippen molar-refractivity contribution in [1.29, 1.82) is 5.26 Å². The molecule has 0 spiro atoms. The standard InChI is InChI=1S/C20H25N5O3.C20H24N4O3.C17H20N4O3.C16H16F3N3O3.C16H16N4O2/c1-14(2)28-18(26)4-7-25-13-22-19(23-25)16-10-15(3)11-17(12-16)20(27)24-8-5-21-6-9-24;1-14(2)27-18(25)6-9-24-13-21-19(22-24)16-10-15(3)11-17(12-16)20(26)23-7-4-5-8-23;1-11(2)24-15(22)5-6-21-10-19-16(20-21)13-7-12(3)8-14(9-13)17(23)18-4;1-10(2)24-14(23)4-5-22-9-20-15(21-22)12-6-11(3)7-13(8-12)25-16(17,18)19;1-11(2)22-15(21)4-5-20-10-18-16(19-20)14-7-12(3)6-13(8-14)9-17/h4,7,10-14,21H,5-6,8-9H2,1-3H3;6,9-14H,4-5,7-8H2,1-3H3;5-11H,1-4H3,(H,18,23);4-10H,1-3H3;4-8,10-11H,1-3H3/b7-4-;9-6-;6-5-;2*5-4-. The van der Waals surface area contributed by atoms with Gasteiger partial charge in [-0.25, -0.2) is 72.3 Å². The van der Waals surface area contributed by atoms with Gasteiger partial charge in [0.2, 0.25) is 0 Å². The van der Waals surface area contributed by atoms with Crippen LogP contribution in [0.25, 0.3) is 87.9 Å². The third kappa shape index (κ3) is 32.3. The monoisotopic (exact) mass is 1730 g/mol. The zero-order valence-corrected chi connectivity index (χ0v) is 72.8. The number of carbonyl (C=O) groups excluding carboxylic acids is 8. The molecule has 2 saturated heterocycles. The summed E-state index contributed by atoms with van der Waals surface area (Å²) < 4.78 is 73.0. The van der Waals surface area contributed by atoms with Crippen molar-refractivity contribution in [3.05, 3.63) is 203 Å². The van der Waals surface area contributed by atoms with Gasteiger partial charge in [-0.15, -0.1) is 38.7 Å². The van der Waals surface area contributed by atoms with Crippen molar-refractivity contribution in [1.82, 2.24) is 94.3 Å². The van der Waals surface area contributed by atoms with Crippen LogP contribution in [-0.4, -0.2) is 214 Å². The maximum Gasteiger partial charge on any atom is 0.573 e. The normalized spacial score (nSPS) is 12.7. The van der Waals surface area contributed by atoms with Gasteiger partial charge >= 0.3 is 36.2 Å². The van der Waals surface area contributed by atoms with Gasteiger partial charge in [0.05, 0.1) is 42.2 Å². The molecule has 0 unspecified atom stereocenters. The molecular formula is C89H101F3N20O14. The Labute approximate surface area is 726 Å². The van der Waals surface area contributed by atoms with Crippen molar-refractivity contribution >= 4 is 78.6 Å². The summed E-state index contributed by atoms with van der Waals surface area (Å²) in [4.78, 5) is 120. The van der Waals surface area contributed by atoms with Crippen molar-refractivity contribution < 1.29 is 79.9 Å². The van der Waals surface area contributed by atoms with E-state index in [2.05, 4.69) is 71.9 Å². The van der Waals surface area contributed by atoms with E-state index in [1.54, 1.807) is 114 Å². The predicted octanol–water partition coefficient (Wildman–Crippen LogP) is 12.8.